The molecule has 1 aromatic heterocycles. The van der Waals surface area contributed by atoms with Crippen LogP contribution in [-0.4, -0.2) is 41.7 Å². The van der Waals surface area contributed by atoms with Gasteiger partial charge in [0.1, 0.15) is 0 Å². The summed E-state index contributed by atoms with van der Waals surface area (Å²) in [7, 11) is 2.12. The smallest absolute Gasteiger partial charge is 0.237 e. The summed E-state index contributed by atoms with van der Waals surface area (Å²) < 4.78 is 5.71. The molecule has 1 unspecified atom stereocenters. The molecule has 1 saturated carbocycles. The van der Waals surface area contributed by atoms with E-state index >= 15 is 0 Å². The maximum Gasteiger partial charge on any atom is 0.237 e. The van der Waals surface area contributed by atoms with Crippen LogP contribution in [0.5, 0.6) is 0 Å². The molecule has 22 heavy (non-hydrogen) atoms. The van der Waals surface area contributed by atoms with E-state index < -0.39 is 0 Å². The third kappa shape index (κ3) is 2.16. The predicted molar refractivity (Wildman–Crippen MR) is 83.6 cm³/mol. The normalized spacial score (nSPS) is 24.9. The number of rotatable bonds is 3. The molecule has 0 radical (unpaired) electrons. The molecule has 2 aliphatic rings. The molecule has 1 aliphatic heterocycles. The van der Waals surface area contributed by atoms with Crippen LogP contribution in [0.25, 0.3) is 0 Å². The van der Waals surface area contributed by atoms with E-state index in [2.05, 4.69) is 52.8 Å². The highest BCUT2D eigenvalue weighted by Crippen LogP contribution is 2.48. The number of nitrogens with one attached hydrogen (secondary N) is 1. The second-order valence-electron chi connectivity index (χ2n) is 6.46. The van der Waals surface area contributed by atoms with Crippen LogP contribution >= 0.6 is 0 Å². The third-order valence-electron chi connectivity index (χ3n) is 5.19. The molecule has 1 aromatic carbocycles. The average Bonchev–Trinajstić information content (AvgIpc) is 2.98. The third-order valence-corrected chi connectivity index (χ3v) is 5.19. The van der Waals surface area contributed by atoms with Crippen LogP contribution in [0.1, 0.15) is 42.6 Å². The molecule has 116 valence electrons. The van der Waals surface area contributed by atoms with Crippen LogP contribution in [0.3, 0.4) is 0 Å². The molecule has 4 rings (SSSR count). The molecule has 1 saturated heterocycles. The standard InChI is InChI=1S/C17H22N4O/c1-21-11-10-18-12-14(21)15-19-16(22-20-15)17(8-5-9-17)13-6-3-2-4-7-13/h2-4,6-7,14,18H,5,8-12H2,1H3. The molecule has 2 fully saturated rings. The Labute approximate surface area is 130 Å². The zero-order chi connectivity index (χ0) is 15.0. The van der Waals surface area contributed by atoms with Crippen LogP contribution in [0.2, 0.25) is 0 Å². The lowest BCUT2D eigenvalue weighted by Gasteiger charge is -2.39. The van der Waals surface area contributed by atoms with E-state index in [9.17, 15) is 0 Å². The van der Waals surface area contributed by atoms with E-state index in [1.54, 1.807) is 0 Å². The Morgan fingerprint density at radius 2 is 2.09 bits per heavy atom. The Bertz CT molecular complexity index is 635. The van der Waals surface area contributed by atoms with Crippen LogP contribution < -0.4 is 5.32 Å². The number of hydrogen-bond acceptors (Lipinski definition) is 5. The Hall–Kier alpha value is -1.72. The molecule has 2 heterocycles. The van der Waals surface area contributed by atoms with Gasteiger partial charge in [-0.25, -0.2) is 0 Å². The van der Waals surface area contributed by atoms with E-state index in [-0.39, 0.29) is 11.5 Å². The highest BCUT2D eigenvalue weighted by Gasteiger charge is 2.45. The highest BCUT2D eigenvalue weighted by molar-refractivity contribution is 5.34. The molecule has 0 spiro atoms. The average molecular weight is 298 g/mol. The van der Waals surface area contributed by atoms with Gasteiger partial charge in [0.05, 0.1) is 11.5 Å². The second kappa shape index (κ2) is 5.48. The summed E-state index contributed by atoms with van der Waals surface area (Å²) in [6.07, 6.45) is 3.41. The van der Waals surface area contributed by atoms with Gasteiger partial charge in [0.15, 0.2) is 5.82 Å². The summed E-state index contributed by atoms with van der Waals surface area (Å²) in [5.41, 5.74) is 1.24. The Balaban J connectivity index is 1.65. The zero-order valence-corrected chi connectivity index (χ0v) is 13.0. The minimum atomic E-state index is -0.0623. The number of piperazine rings is 1. The fraction of sp³-hybridized carbons (Fsp3) is 0.529. The van der Waals surface area contributed by atoms with E-state index in [1.165, 1.54) is 12.0 Å². The van der Waals surface area contributed by atoms with E-state index in [0.29, 0.717) is 0 Å². The van der Waals surface area contributed by atoms with Gasteiger partial charge in [-0.15, -0.1) is 0 Å². The van der Waals surface area contributed by atoms with Gasteiger partial charge in [0, 0.05) is 19.6 Å². The number of nitrogens with zero attached hydrogens (tertiary/aromatic N) is 3. The van der Waals surface area contributed by atoms with Gasteiger partial charge >= 0.3 is 0 Å². The number of likely N-dealkylation sites (N-methyl/N-ethyl adjacent to an activating group) is 1. The quantitative estimate of drug-likeness (QED) is 0.940. The SMILES string of the molecule is CN1CCNCC1c1noc(C2(c3ccccc3)CCC2)n1. The van der Waals surface area contributed by atoms with Gasteiger partial charge in [0.25, 0.3) is 0 Å². The fourth-order valence-corrected chi connectivity index (χ4v) is 3.57. The van der Waals surface area contributed by atoms with Crippen molar-refractivity contribution in [2.45, 2.75) is 30.7 Å². The first-order chi connectivity index (χ1) is 10.8. The van der Waals surface area contributed by atoms with Crippen LogP contribution in [-0.2, 0) is 5.41 Å². The lowest BCUT2D eigenvalue weighted by Crippen LogP contribution is -2.44. The van der Waals surface area contributed by atoms with E-state index in [1.807, 2.05) is 0 Å². The van der Waals surface area contributed by atoms with Crippen molar-refractivity contribution < 1.29 is 4.52 Å². The van der Waals surface area contributed by atoms with Crippen LogP contribution in [0.4, 0.5) is 0 Å². The lowest BCUT2D eigenvalue weighted by molar-refractivity contribution is 0.188. The van der Waals surface area contributed by atoms with Gasteiger partial charge in [-0.05, 0) is 25.5 Å². The summed E-state index contributed by atoms with van der Waals surface area (Å²) in [6.45, 7) is 2.91. The number of aromatic nitrogens is 2. The largest absolute Gasteiger partial charge is 0.338 e. The first-order valence-corrected chi connectivity index (χ1v) is 8.10. The molecule has 2 aromatic rings. The zero-order valence-electron chi connectivity index (χ0n) is 13.0. The Kier molecular flexibility index (Phi) is 3.47. The highest BCUT2D eigenvalue weighted by atomic mass is 16.5. The predicted octanol–water partition coefficient (Wildman–Crippen LogP) is 2.12. The minimum absolute atomic E-state index is 0.0623. The Morgan fingerprint density at radius 3 is 2.77 bits per heavy atom. The molecule has 5 nitrogen and oxygen atoms in total. The van der Waals surface area contributed by atoms with Crippen molar-refractivity contribution in [1.29, 1.82) is 0 Å². The first-order valence-electron chi connectivity index (χ1n) is 8.10. The molecule has 0 amide bonds. The summed E-state index contributed by atoms with van der Waals surface area (Å²) in [5.74, 6) is 1.60. The molecule has 1 N–H and O–H groups in total. The second-order valence-corrected chi connectivity index (χ2v) is 6.46. The van der Waals surface area contributed by atoms with Gasteiger partial charge in [0.2, 0.25) is 5.89 Å². The van der Waals surface area contributed by atoms with Gasteiger partial charge in [-0.1, -0.05) is 41.9 Å². The molecule has 1 aliphatic carbocycles. The molecule has 5 heteroatoms. The van der Waals surface area contributed by atoms with Crippen molar-refractivity contribution in [2.24, 2.45) is 0 Å². The van der Waals surface area contributed by atoms with Gasteiger partial charge < -0.3 is 9.84 Å². The fourth-order valence-electron chi connectivity index (χ4n) is 3.57. The van der Waals surface area contributed by atoms with Crippen molar-refractivity contribution in [3.63, 3.8) is 0 Å². The summed E-state index contributed by atoms with van der Waals surface area (Å²) in [5, 5.41) is 7.70. The molecular weight excluding hydrogens is 276 g/mol. The van der Waals surface area contributed by atoms with Crippen molar-refractivity contribution in [1.82, 2.24) is 20.4 Å². The van der Waals surface area contributed by atoms with Crippen molar-refractivity contribution >= 4 is 0 Å². The van der Waals surface area contributed by atoms with Crippen LogP contribution in [0, 0.1) is 0 Å². The number of benzene rings is 1. The summed E-state index contributed by atoms with van der Waals surface area (Å²) in [6, 6.07) is 10.8. The van der Waals surface area contributed by atoms with E-state index in [0.717, 1.165) is 44.2 Å². The van der Waals surface area contributed by atoms with Gasteiger partial charge in [-0.3, -0.25) is 4.90 Å². The topological polar surface area (TPSA) is 54.2 Å². The van der Waals surface area contributed by atoms with Crippen molar-refractivity contribution in [3.8, 4) is 0 Å². The summed E-state index contributed by atoms with van der Waals surface area (Å²) >= 11 is 0. The maximum atomic E-state index is 5.71. The van der Waals surface area contributed by atoms with Crippen molar-refractivity contribution in [3.05, 3.63) is 47.6 Å². The van der Waals surface area contributed by atoms with E-state index in [4.69, 9.17) is 9.51 Å². The molecule has 1 atom stereocenters. The monoisotopic (exact) mass is 298 g/mol. The van der Waals surface area contributed by atoms with Gasteiger partial charge in [-0.2, -0.15) is 4.98 Å². The molecule has 0 bridgehead atoms. The summed E-state index contributed by atoms with van der Waals surface area (Å²) in [4.78, 5) is 7.09. The molecular formula is C17H22N4O. The van der Waals surface area contributed by atoms with Crippen LogP contribution in [0.15, 0.2) is 34.9 Å². The minimum Gasteiger partial charge on any atom is -0.338 e. The maximum absolute atomic E-state index is 5.71. The Morgan fingerprint density at radius 1 is 1.27 bits per heavy atom. The van der Waals surface area contributed by atoms with Crippen molar-refractivity contribution in [2.75, 3.05) is 26.7 Å². The first kappa shape index (κ1) is 13.9. The number of hydrogen-bond donors (Lipinski definition) is 1. The lowest BCUT2D eigenvalue weighted by atomic mass is 9.64.